The first-order valence-corrected chi connectivity index (χ1v) is 7.21. The third-order valence-electron chi connectivity index (χ3n) is 5.17. The lowest BCUT2D eigenvalue weighted by Gasteiger charge is -2.42. The number of amides is 1. The molecule has 1 heterocycles. The van der Waals surface area contributed by atoms with E-state index in [-0.39, 0.29) is 5.91 Å². The van der Waals surface area contributed by atoms with Gasteiger partial charge in [0.2, 0.25) is 5.91 Å². The molecule has 1 saturated carbocycles. The molecule has 4 nitrogen and oxygen atoms in total. The van der Waals surface area contributed by atoms with E-state index in [2.05, 4.69) is 18.7 Å². The first kappa shape index (κ1) is 13.8. The summed E-state index contributed by atoms with van der Waals surface area (Å²) in [5.41, 5.74) is 11.5. The van der Waals surface area contributed by atoms with E-state index in [0.717, 1.165) is 25.9 Å². The summed E-state index contributed by atoms with van der Waals surface area (Å²) < 4.78 is 0. The van der Waals surface area contributed by atoms with Crippen LogP contribution in [0.2, 0.25) is 0 Å². The number of primary amides is 1. The second-order valence-corrected chi connectivity index (χ2v) is 6.62. The first-order valence-electron chi connectivity index (χ1n) is 7.21. The molecule has 0 aromatic rings. The molecule has 0 radical (unpaired) electrons. The lowest BCUT2D eigenvalue weighted by molar-refractivity contribution is -0.125. The predicted molar refractivity (Wildman–Crippen MR) is 72.9 cm³/mol. The Balaban J connectivity index is 1.92. The van der Waals surface area contributed by atoms with Crippen LogP contribution in [-0.4, -0.2) is 36.0 Å². The highest BCUT2D eigenvalue weighted by Gasteiger charge is 2.48. The minimum absolute atomic E-state index is 0.314. The topological polar surface area (TPSA) is 72.3 Å². The number of nitrogens with zero attached hydrogens (tertiary/aromatic N) is 1. The maximum absolute atomic E-state index is 11.6. The van der Waals surface area contributed by atoms with Gasteiger partial charge in [0.05, 0.1) is 0 Å². The van der Waals surface area contributed by atoms with Gasteiger partial charge >= 0.3 is 0 Å². The molecule has 2 aliphatic rings. The van der Waals surface area contributed by atoms with Crippen LogP contribution >= 0.6 is 0 Å². The average molecular weight is 253 g/mol. The fraction of sp³-hybridized carbons (Fsp3) is 0.929. The molecule has 0 bridgehead atoms. The van der Waals surface area contributed by atoms with Crippen LogP contribution < -0.4 is 11.5 Å². The second kappa shape index (κ2) is 4.82. The van der Waals surface area contributed by atoms with Crippen LogP contribution in [0.25, 0.3) is 0 Å². The fourth-order valence-electron chi connectivity index (χ4n) is 2.98. The molecule has 1 aliphatic heterocycles. The molecule has 1 unspecified atom stereocenters. The molecule has 0 aromatic carbocycles. The van der Waals surface area contributed by atoms with Gasteiger partial charge in [0.1, 0.15) is 5.54 Å². The first-order chi connectivity index (χ1) is 8.39. The number of hydrogen-bond donors (Lipinski definition) is 2. The highest BCUT2D eigenvalue weighted by Crippen LogP contribution is 2.40. The van der Waals surface area contributed by atoms with Crippen molar-refractivity contribution in [1.29, 1.82) is 0 Å². The number of hydrogen-bond acceptors (Lipinski definition) is 3. The van der Waals surface area contributed by atoms with Crippen LogP contribution in [0.15, 0.2) is 0 Å². The maximum atomic E-state index is 11.6. The third-order valence-corrected chi connectivity index (χ3v) is 5.17. The summed E-state index contributed by atoms with van der Waals surface area (Å²) in [6.07, 6.45) is 5.74. The highest BCUT2D eigenvalue weighted by molar-refractivity contribution is 5.85. The van der Waals surface area contributed by atoms with Crippen LogP contribution in [0.3, 0.4) is 0 Å². The molecule has 4 heteroatoms. The summed E-state index contributed by atoms with van der Waals surface area (Å²) in [6.45, 7) is 7.35. The van der Waals surface area contributed by atoms with E-state index in [9.17, 15) is 4.79 Å². The van der Waals surface area contributed by atoms with Gasteiger partial charge in [-0.05, 0) is 50.1 Å². The van der Waals surface area contributed by atoms with E-state index >= 15 is 0 Å². The van der Waals surface area contributed by atoms with E-state index in [1.54, 1.807) is 0 Å². The van der Waals surface area contributed by atoms with E-state index in [4.69, 9.17) is 11.5 Å². The summed E-state index contributed by atoms with van der Waals surface area (Å²) in [4.78, 5) is 14.0. The summed E-state index contributed by atoms with van der Waals surface area (Å²) in [5.74, 6) is -0.0108. The molecule has 0 spiro atoms. The summed E-state index contributed by atoms with van der Waals surface area (Å²) in [5, 5.41) is 0. The number of carbonyl (C=O) groups is 1. The van der Waals surface area contributed by atoms with Gasteiger partial charge in [-0.1, -0.05) is 20.3 Å². The van der Waals surface area contributed by atoms with E-state index in [0.29, 0.717) is 17.9 Å². The quantitative estimate of drug-likeness (QED) is 0.770. The van der Waals surface area contributed by atoms with Crippen molar-refractivity contribution in [3.8, 4) is 0 Å². The summed E-state index contributed by atoms with van der Waals surface area (Å²) in [7, 11) is 0. The van der Waals surface area contributed by atoms with Gasteiger partial charge < -0.3 is 16.4 Å². The maximum Gasteiger partial charge on any atom is 0.239 e. The van der Waals surface area contributed by atoms with Crippen LogP contribution in [-0.2, 0) is 4.79 Å². The summed E-state index contributed by atoms with van der Waals surface area (Å²) >= 11 is 0. The van der Waals surface area contributed by atoms with Gasteiger partial charge in [0.25, 0.3) is 0 Å². The van der Waals surface area contributed by atoms with Crippen molar-refractivity contribution < 1.29 is 4.79 Å². The fourth-order valence-corrected chi connectivity index (χ4v) is 2.98. The lowest BCUT2D eigenvalue weighted by Crippen LogP contribution is -2.61. The highest BCUT2D eigenvalue weighted by atomic mass is 16.1. The van der Waals surface area contributed by atoms with Gasteiger partial charge in [-0.3, -0.25) is 4.79 Å². The molecule has 2 fully saturated rings. The molecular weight excluding hydrogens is 226 g/mol. The van der Waals surface area contributed by atoms with Crippen LogP contribution in [0, 0.1) is 11.3 Å². The largest absolute Gasteiger partial charge is 0.368 e. The van der Waals surface area contributed by atoms with Crippen molar-refractivity contribution in [2.24, 2.45) is 22.8 Å². The van der Waals surface area contributed by atoms with E-state index in [1.165, 1.54) is 19.3 Å². The van der Waals surface area contributed by atoms with Crippen LogP contribution in [0.5, 0.6) is 0 Å². The summed E-state index contributed by atoms with van der Waals surface area (Å²) in [6, 6.07) is 0. The Morgan fingerprint density at radius 1 is 1.39 bits per heavy atom. The molecule has 2 rings (SSSR count). The Morgan fingerprint density at radius 3 is 2.33 bits per heavy atom. The van der Waals surface area contributed by atoms with E-state index in [1.807, 2.05) is 0 Å². The molecule has 4 N–H and O–H groups in total. The standard InChI is InChI=1S/C14H27N3O/c1-3-13(2)6-8-17(9-7-13)10-14(16,12(15)18)11-4-5-11/h11H,3-10,16H2,1-2H3,(H2,15,18). The lowest BCUT2D eigenvalue weighted by atomic mass is 9.78. The Labute approximate surface area is 110 Å². The number of nitrogens with two attached hydrogens (primary N) is 2. The predicted octanol–water partition coefficient (Wildman–Crippen LogP) is 1.09. The molecule has 1 saturated heterocycles. The monoisotopic (exact) mass is 253 g/mol. The molecule has 1 amide bonds. The van der Waals surface area contributed by atoms with Crippen molar-refractivity contribution in [3.63, 3.8) is 0 Å². The molecular formula is C14H27N3O. The van der Waals surface area contributed by atoms with Crippen molar-refractivity contribution >= 4 is 5.91 Å². The van der Waals surface area contributed by atoms with Crippen molar-refractivity contribution in [3.05, 3.63) is 0 Å². The van der Waals surface area contributed by atoms with Gasteiger partial charge in [-0.25, -0.2) is 0 Å². The van der Waals surface area contributed by atoms with Crippen molar-refractivity contribution in [2.45, 2.75) is 51.5 Å². The van der Waals surface area contributed by atoms with Gasteiger partial charge in [0, 0.05) is 6.54 Å². The van der Waals surface area contributed by atoms with Gasteiger partial charge in [-0.2, -0.15) is 0 Å². The zero-order valence-corrected chi connectivity index (χ0v) is 11.7. The van der Waals surface area contributed by atoms with Gasteiger partial charge in [0.15, 0.2) is 0 Å². The zero-order chi connectivity index (χ0) is 13.4. The van der Waals surface area contributed by atoms with Crippen molar-refractivity contribution in [2.75, 3.05) is 19.6 Å². The Morgan fingerprint density at radius 2 is 1.94 bits per heavy atom. The molecule has 0 aromatic heterocycles. The number of carbonyl (C=O) groups excluding carboxylic acids is 1. The SMILES string of the molecule is CCC1(C)CCN(CC(N)(C(N)=O)C2CC2)CC1. The van der Waals surface area contributed by atoms with Gasteiger partial charge in [-0.15, -0.1) is 0 Å². The van der Waals surface area contributed by atoms with Crippen LogP contribution in [0.1, 0.15) is 46.0 Å². The minimum atomic E-state index is -0.792. The van der Waals surface area contributed by atoms with Crippen LogP contribution in [0.4, 0.5) is 0 Å². The molecule has 18 heavy (non-hydrogen) atoms. The van der Waals surface area contributed by atoms with E-state index < -0.39 is 5.54 Å². The average Bonchev–Trinajstić information content (AvgIpc) is 3.16. The normalized spacial score (nSPS) is 27.7. The Kier molecular flexibility index (Phi) is 3.70. The molecule has 1 aliphatic carbocycles. The minimum Gasteiger partial charge on any atom is -0.368 e. The second-order valence-electron chi connectivity index (χ2n) is 6.62. The molecule has 1 atom stereocenters. The Bertz CT molecular complexity index is 319. The number of likely N-dealkylation sites (tertiary alicyclic amines) is 1. The van der Waals surface area contributed by atoms with Crippen molar-refractivity contribution in [1.82, 2.24) is 4.90 Å². The Hall–Kier alpha value is -0.610. The number of rotatable bonds is 5. The smallest absolute Gasteiger partial charge is 0.239 e. The number of piperidine rings is 1. The zero-order valence-electron chi connectivity index (χ0n) is 11.7. The third kappa shape index (κ3) is 2.69. The molecule has 104 valence electrons.